The molecular weight excluding hydrogens is 271 g/mol. The summed E-state index contributed by atoms with van der Waals surface area (Å²) < 4.78 is 24.7. The van der Waals surface area contributed by atoms with Crippen molar-refractivity contribution in [3.63, 3.8) is 0 Å². The molecule has 0 unspecified atom stereocenters. The average Bonchev–Trinajstić information content (AvgIpc) is 2.66. The standard InChI is InChI=1S/C9H6Cl2N2O2S/c10-7-1-3-9(4-2-7)16(14,15)13-6-8(11)5-12-13/h1-6H. The fourth-order valence-electron chi connectivity index (χ4n) is 1.13. The van der Waals surface area contributed by atoms with E-state index in [0.29, 0.717) is 5.02 Å². The predicted molar refractivity (Wildman–Crippen MR) is 61.3 cm³/mol. The van der Waals surface area contributed by atoms with Crippen molar-refractivity contribution in [1.29, 1.82) is 0 Å². The zero-order valence-electron chi connectivity index (χ0n) is 7.84. The van der Waals surface area contributed by atoms with Crippen molar-refractivity contribution in [3.05, 3.63) is 46.7 Å². The molecule has 0 aliphatic heterocycles. The molecule has 0 bridgehead atoms. The second-order valence-electron chi connectivity index (χ2n) is 2.99. The van der Waals surface area contributed by atoms with Gasteiger partial charge in [0, 0.05) is 5.02 Å². The highest BCUT2D eigenvalue weighted by Gasteiger charge is 2.17. The smallest absolute Gasteiger partial charge is 0.199 e. The van der Waals surface area contributed by atoms with Crippen LogP contribution in [-0.2, 0) is 10.0 Å². The zero-order valence-corrected chi connectivity index (χ0v) is 10.2. The molecule has 4 nitrogen and oxygen atoms in total. The third-order valence-corrected chi connectivity index (χ3v) is 3.89. The molecule has 1 heterocycles. The summed E-state index contributed by atoms with van der Waals surface area (Å²) in [5.41, 5.74) is 0. The predicted octanol–water partition coefficient (Wildman–Crippen LogP) is 2.43. The molecule has 16 heavy (non-hydrogen) atoms. The van der Waals surface area contributed by atoms with Crippen molar-refractivity contribution in [2.45, 2.75) is 4.90 Å². The molecule has 2 rings (SSSR count). The third kappa shape index (κ3) is 2.07. The van der Waals surface area contributed by atoms with Crippen LogP contribution in [0.25, 0.3) is 0 Å². The lowest BCUT2D eigenvalue weighted by Gasteiger charge is -2.03. The van der Waals surface area contributed by atoms with Crippen LogP contribution in [0.15, 0.2) is 41.6 Å². The van der Waals surface area contributed by atoms with Crippen molar-refractivity contribution in [2.75, 3.05) is 0 Å². The molecule has 84 valence electrons. The largest absolute Gasteiger partial charge is 0.282 e. The lowest BCUT2D eigenvalue weighted by Crippen LogP contribution is -2.13. The summed E-state index contributed by atoms with van der Waals surface area (Å²) in [4.78, 5) is 0.108. The molecule has 1 aromatic heterocycles. The fraction of sp³-hybridized carbons (Fsp3) is 0. The summed E-state index contributed by atoms with van der Waals surface area (Å²) in [6, 6.07) is 5.82. The molecule has 0 fully saturated rings. The molecule has 1 aromatic carbocycles. The Kier molecular flexibility index (Phi) is 2.92. The molecule has 0 N–H and O–H groups in total. The Labute approximate surface area is 102 Å². The van der Waals surface area contributed by atoms with Crippen LogP contribution in [0.2, 0.25) is 10.0 Å². The van der Waals surface area contributed by atoms with E-state index in [1.807, 2.05) is 0 Å². The average molecular weight is 277 g/mol. The minimum absolute atomic E-state index is 0.108. The van der Waals surface area contributed by atoms with Crippen molar-refractivity contribution in [3.8, 4) is 0 Å². The first-order valence-electron chi connectivity index (χ1n) is 4.21. The molecular formula is C9H6Cl2N2O2S. The van der Waals surface area contributed by atoms with E-state index in [1.54, 1.807) is 0 Å². The summed E-state index contributed by atoms with van der Waals surface area (Å²) in [5.74, 6) is 0. The van der Waals surface area contributed by atoms with Crippen LogP contribution < -0.4 is 0 Å². The minimum atomic E-state index is -3.67. The Morgan fingerprint density at radius 3 is 2.19 bits per heavy atom. The highest BCUT2D eigenvalue weighted by atomic mass is 35.5. The van der Waals surface area contributed by atoms with Crippen LogP contribution >= 0.6 is 23.2 Å². The number of nitrogens with zero attached hydrogens (tertiary/aromatic N) is 2. The molecule has 0 aliphatic rings. The monoisotopic (exact) mass is 276 g/mol. The van der Waals surface area contributed by atoms with Crippen molar-refractivity contribution >= 4 is 33.2 Å². The Morgan fingerprint density at radius 2 is 1.69 bits per heavy atom. The minimum Gasteiger partial charge on any atom is -0.199 e. The van der Waals surface area contributed by atoms with Gasteiger partial charge in [-0.1, -0.05) is 23.2 Å². The molecule has 0 saturated carbocycles. The number of rotatable bonds is 2. The van der Waals surface area contributed by atoms with Gasteiger partial charge in [0.05, 0.1) is 22.3 Å². The SMILES string of the molecule is O=S(=O)(c1ccc(Cl)cc1)n1cc(Cl)cn1. The quantitative estimate of drug-likeness (QED) is 0.847. The van der Waals surface area contributed by atoms with Gasteiger partial charge in [-0.05, 0) is 24.3 Å². The van der Waals surface area contributed by atoms with E-state index in [2.05, 4.69) is 5.10 Å². The third-order valence-electron chi connectivity index (χ3n) is 1.89. The number of benzene rings is 1. The molecule has 2 aromatic rings. The van der Waals surface area contributed by atoms with Crippen LogP contribution in [0.3, 0.4) is 0 Å². The van der Waals surface area contributed by atoms with Gasteiger partial charge in [0.2, 0.25) is 0 Å². The van der Waals surface area contributed by atoms with Gasteiger partial charge in [0.25, 0.3) is 10.0 Å². The molecule has 0 atom stereocenters. The van der Waals surface area contributed by atoms with E-state index < -0.39 is 10.0 Å². The van der Waals surface area contributed by atoms with Crippen LogP contribution in [0.5, 0.6) is 0 Å². The highest BCUT2D eigenvalue weighted by molar-refractivity contribution is 7.89. The summed E-state index contributed by atoms with van der Waals surface area (Å²) in [5, 5.41) is 4.38. The lowest BCUT2D eigenvalue weighted by atomic mass is 10.4. The van der Waals surface area contributed by atoms with Crippen LogP contribution in [0.1, 0.15) is 0 Å². The van der Waals surface area contributed by atoms with Gasteiger partial charge in [0.1, 0.15) is 0 Å². The van der Waals surface area contributed by atoms with E-state index in [-0.39, 0.29) is 9.92 Å². The molecule has 7 heteroatoms. The topological polar surface area (TPSA) is 52.0 Å². The highest BCUT2D eigenvalue weighted by Crippen LogP contribution is 2.17. The summed E-state index contributed by atoms with van der Waals surface area (Å²) in [7, 11) is -3.67. The van der Waals surface area contributed by atoms with E-state index in [1.165, 1.54) is 36.7 Å². The van der Waals surface area contributed by atoms with Crippen LogP contribution in [-0.4, -0.2) is 17.6 Å². The maximum absolute atomic E-state index is 12.0. The van der Waals surface area contributed by atoms with Gasteiger partial charge in [0.15, 0.2) is 0 Å². The fourth-order valence-corrected chi connectivity index (χ4v) is 2.57. The van der Waals surface area contributed by atoms with Gasteiger partial charge < -0.3 is 0 Å². The Balaban J connectivity index is 2.51. The van der Waals surface area contributed by atoms with Gasteiger partial charge in [-0.3, -0.25) is 0 Å². The van der Waals surface area contributed by atoms with E-state index in [4.69, 9.17) is 23.2 Å². The summed E-state index contributed by atoms with van der Waals surface area (Å²) >= 11 is 11.3. The number of hydrogen-bond acceptors (Lipinski definition) is 3. The molecule has 0 saturated heterocycles. The Bertz CT molecular complexity index is 605. The number of halogens is 2. The van der Waals surface area contributed by atoms with E-state index in [9.17, 15) is 8.42 Å². The number of aromatic nitrogens is 2. The van der Waals surface area contributed by atoms with Crippen molar-refractivity contribution in [1.82, 2.24) is 9.19 Å². The Morgan fingerprint density at radius 1 is 1.06 bits per heavy atom. The maximum atomic E-state index is 12.0. The summed E-state index contributed by atoms with van der Waals surface area (Å²) in [6.45, 7) is 0. The van der Waals surface area contributed by atoms with Gasteiger partial charge in [-0.2, -0.15) is 17.6 Å². The van der Waals surface area contributed by atoms with Gasteiger partial charge in [-0.25, -0.2) is 0 Å². The zero-order chi connectivity index (χ0) is 11.8. The summed E-state index contributed by atoms with van der Waals surface area (Å²) in [6.07, 6.45) is 2.49. The second kappa shape index (κ2) is 4.08. The first-order chi connectivity index (χ1) is 7.50. The van der Waals surface area contributed by atoms with Gasteiger partial charge in [-0.15, -0.1) is 0 Å². The molecule has 0 spiro atoms. The van der Waals surface area contributed by atoms with E-state index in [0.717, 1.165) is 4.09 Å². The van der Waals surface area contributed by atoms with Crippen molar-refractivity contribution in [2.24, 2.45) is 0 Å². The first-order valence-corrected chi connectivity index (χ1v) is 6.41. The Hall–Kier alpha value is -1.04. The van der Waals surface area contributed by atoms with E-state index >= 15 is 0 Å². The second-order valence-corrected chi connectivity index (χ2v) is 5.66. The molecule has 0 aliphatic carbocycles. The van der Waals surface area contributed by atoms with Crippen molar-refractivity contribution < 1.29 is 8.42 Å². The molecule has 0 amide bonds. The van der Waals surface area contributed by atoms with Crippen LogP contribution in [0.4, 0.5) is 0 Å². The lowest BCUT2D eigenvalue weighted by molar-refractivity contribution is 0.580. The van der Waals surface area contributed by atoms with Crippen LogP contribution in [0, 0.1) is 0 Å². The number of hydrogen-bond donors (Lipinski definition) is 0. The van der Waals surface area contributed by atoms with Gasteiger partial charge >= 0.3 is 0 Å². The normalized spacial score (nSPS) is 11.6. The first kappa shape index (κ1) is 11.4. The molecule has 0 radical (unpaired) electrons. The maximum Gasteiger partial charge on any atom is 0.282 e.